The molecule has 0 saturated heterocycles. The molecule has 0 unspecified atom stereocenters. The Morgan fingerprint density at radius 3 is 2.60 bits per heavy atom. The van der Waals surface area contributed by atoms with Gasteiger partial charge in [0.1, 0.15) is 11.4 Å². The monoisotopic (exact) mass is 535 g/mol. The zero-order chi connectivity index (χ0) is 25.5. The lowest BCUT2D eigenvalue weighted by Gasteiger charge is -2.09. The van der Waals surface area contributed by atoms with Crippen molar-refractivity contribution < 1.29 is 14.3 Å². The minimum absolute atomic E-state index is 0.155. The first-order valence-electron chi connectivity index (χ1n) is 10.7. The summed E-state index contributed by atoms with van der Waals surface area (Å²) >= 11 is 18.1. The Morgan fingerprint density at radius 2 is 1.91 bits per heavy atom. The van der Waals surface area contributed by atoms with E-state index < -0.39 is 5.91 Å². The second kappa shape index (κ2) is 12.1. The lowest BCUT2D eigenvalue weighted by molar-refractivity contribution is -0.116. The average molecular weight is 537 g/mol. The highest BCUT2D eigenvalue weighted by molar-refractivity contribution is 6.35. The lowest BCUT2D eigenvalue weighted by Crippen LogP contribution is -2.22. The number of aryl methyl sites for hydroxylation is 2. The van der Waals surface area contributed by atoms with Crippen molar-refractivity contribution in [3.05, 3.63) is 74.5 Å². The van der Waals surface area contributed by atoms with Gasteiger partial charge in [-0.3, -0.25) is 14.3 Å². The number of nitrogens with zero attached hydrogens (tertiary/aromatic N) is 3. The number of aromatic nitrogens is 2. The molecule has 3 rings (SSSR count). The van der Waals surface area contributed by atoms with Gasteiger partial charge in [-0.2, -0.15) is 10.2 Å². The number of hydrazone groups is 1. The van der Waals surface area contributed by atoms with E-state index in [1.807, 2.05) is 6.07 Å². The summed E-state index contributed by atoms with van der Waals surface area (Å²) in [7, 11) is 1.63. The summed E-state index contributed by atoms with van der Waals surface area (Å²) in [6.07, 6.45) is 0.774. The molecule has 0 spiro atoms. The minimum atomic E-state index is -0.469. The van der Waals surface area contributed by atoms with Crippen molar-refractivity contribution in [2.75, 3.05) is 11.9 Å². The van der Waals surface area contributed by atoms with Crippen LogP contribution in [0.3, 0.4) is 0 Å². The lowest BCUT2D eigenvalue weighted by atomic mass is 10.1. The zero-order valence-electron chi connectivity index (χ0n) is 19.4. The van der Waals surface area contributed by atoms with Crippen LogP contribution < -0.4 is 15.5 Å². The molecule has 184 valence electrons. The van der Waals surface area contributed by atoms with E-state index >= 15 is 0 Å². The van der Waals surface area contributed by atoms with E-state index in [1.54, 1.807) is 57.3 Å². The van der Waals surface area contributed by atoms with Crippen LogP contribution in [0.15, 0.2) is 47.6 Å². The molecule has 2 N–H and O–H groups in total. The van der Waals surface area contributed by atoms with E-state index in [9.17, 15) is 9.59 Å². The molecule has 8 nitrogen and oxygen atoms in total. The van der Waals surface area contributed by atoms with Gasteiger partial charge >= 0.3 is 0 Å². The molecule has 35 heavy (non-hydrogen) atoms. The van der Waals surface area contributed by atoms with Crippen LogP contribution in [0.2, 0.25) is 15.1 Å². The quantitative estimate of drug-likeness (QED) is 0.210. The molecule has 2 aromatic carbocycles. The first kappa shape index (κ1) is 26.5. The van der Waals surface area contributed by atoms with Crippen LogP contribution in [0.4, 0.5) is 5.69 Å². The van der Waals surface area contributed by atoms with E-state index in [4.69, 9.17) is 39.5 Å². The molecule has 0 saturated carbocycles. The van der Waals surface area contributed by atoms with Gasteiger partial charge in [0.15, 0.2) is 0 Å². The fourth-order valence-electron chi connectivity index (χ4n) is 3.18. The summed E-state index contributed by atoms with van der Waals surface area (Å²) in [5.41, 5.74) is 5.18. The average Bonchev–Trinajstić information content (AvgIpc) is 3.07. The number of carbonyl (C=O) groups excluding carboxylic acids is 2. The highest BCUT2D eigenvalue weighted by Crippen LogP contribution is 2.27. The van der Waals surface area contributed by atoms with Crippen molar-refractivity contribution in [2.24, 2.45) is 12.1 Å². The molecule has 0 bridgehead atoms. The van der Waals surface area contributed by atoms with Crippen LogP contribution in [0.1, 0.15) is 41.5 Å². The van der Waals surface area contributed by atoms with E-state index in [0.29, 0.717) is 45.9 Å². The van der Waals surface area contributed by atoms with E-state index in [-0.39, 0.29) is 23.0 Å². The smallest absolute Gasteiger partial charge is 0.291 e. The molecular weight excluding hydrogens is 513 g/mol. The highest BCUT2D eigenvalue weighted by atomic mass is 35.5. The number of halogens is 3. The molecule has 0 atom stereocenters. The van der Waals surface area contributed by atoms with Gasteiger partial charge in [0, 0.05) is 24.2 Å². The Kier molecular flexibility index (Phi) is 9.14. The van der Waals surface area contributed by atoms with Gasteiger partial charge in [-0.25, -0.2) is 5.43 Å². The van der Waals surface area contributed by atoms with Gasteiger partial charge in [0.25, 0.3) is 5.91 Å². The van der Waals surface area contributed by atoms with Crippen molar-refractivity contribution in [1.82, 2.24) is 15.2 Å². The van der Waals surface area contributed by atoms with Crippen molar-refractivity contribution in [3.8, 4) is 5.75 Å². The Bertz CT molecular complexity index is 1270. The number of carbonyl (C=O) groups is 2. The Balaban J connectivity index is 1.52. The molecule has 3 aromatic rings. The van der Waals surface area contributed by atoms with Crippen LogP contribution in [0.5, 0.6) is 5.75 Å². The number of hydrogen-bond donors (Lipinski definition) is 2. The van der Waals surface area contributed by atoms with Crippen LogP contribution in [-0.2, 0) is 11.8 Å². The normalized spacial score (nSPS) is 11.3. The molecule has 2 amide bonds. The van der Waals surface area contributed by atoms with Crippen LogP contribution >= 0.6 is 34.8 Å². The summed E-state index contributed by atoms with van der Waals surface area (Å²) in [5, 5.41) is 12.4. The number of anilines is 1. The van der Waals surface area contributed by atoms with Gasteiger partial charge in [-0.1, -0.05) is 46.9 Å². The number of rotatable bonds is 9. The molecule has 0 aliphatic carbocycles. The topological polar surface area (TPSA) is 97.6 Å². The number of nitrogens with one attached hydrogen (secondary N) is 2. The van der Waals surface area contributed by atoms with Crippen LogP contribution in [-0.4, -0.2) is 33.9 Å². The Labute approximate surface area is 218 Å². The number of ether oxygens (including phenoxy) is 1. The maximum absolute atomic E-state index is 12.5. The maximum Gasteiger partial charge on any atom is 0.291 e. The largest absolute Gasteiger partial charge is 0.492 e. The molecule has 0 fully saturated rings. The fraction of sp³-hybridized carbons (Fsp3) is 0.250. The molecule has 0 aliphatic heterocycles. The maximum atomic E-state index is 12.5. The third-order valence-corrected chi connectivity index (χ3v) is 5.94. The standard InChI is InChI=1S/C24H24Cl3N5O3/c1-14(29-30-24(34)23-22(27)15(2)31-32(23)3)16-6-4-7-18(12-16)28-21(33)8-5-11-35-20-10-9-17(25)13-19(20)26/h4,6-7,9-10,12-13H,5,8,11H2,1-3H3,(H,28,33)(H,30,34)/b29-14+. The molecule has 0 aliphatic rings. The predicted octanol–water partition coefficient (Wildman–Crippen LogP) is 5.64. The number of amides is 2. The molecule has 11 heteroatoms. The second-order valence-electron chi connectivity index (χ2n) is 7.67. The predicted molar refractivity (Wildman–Crippen MR) is 139 cm³/mol. The van der Waals surface area contributed by atoms with Gasteiger partial charge in [0.2, 0.25) is 5.91 Å². The van der Waals surface area contributed by atoms with Gasteiger partial charge in [-0.05, 0) is 56.2 Å². The first-order chi connectivity index (χ1) is 16.7. The minimum Gasteiger partial charge on any atom is -0.492 e. The van der Waals surface area contributed by atoms with E-state index in [1.165, 1.54) is 4.68 Å². The van der Waals surface area contributed by atoms with Crippen LogP contribution in [0.25, 0.3) is 0 Å². The van der Waals surface area contributed by atoms with E-state index in [2.05, 4.69) is 20.9 Å². The number of benzene rings is 2. The third kappa shape index (κ3) is 7.21. The SMILES string of the molecule is C/C(=N\NC(=O)c1c(Cl)c(C)nn1C)c1cccc(NC(=O)CCCOc2ccc(Cl)cc2Cl)c1. The summed E-state index contributed by atoms with van der Waals surface area (Å²) in [6.45, 7) is 3.80. The van der Waals surface area contributed by atoms with Crippen molar-refractivity contribution >= 4 is 58.0 Å². The number of hydrogen-bond acceptors (Lipinski definition) is 5. The van der Waals surface area contributed by atoms with Gasteiger partial charge in [-0.15, -0.1) is 0 Å². The molecule has 0 radical (unpaired) electrons. The Morgan fingerprint density at radius 1 is 1.14 bits per heavy atom. The second-order valence-corrected chi connectivity index (χ2v) is 8.89. The van der Waals surface area contributed by atoms with E-state index in [0.717, 1.165) is 5.56 Å². The first-order valence-corrected chi connectivity index (χ1v) is 11.8. The van der Waals surface area contributed by atoms with Gasteiger partial charge < -0.3 is 10.1 Å². The highest BCUT2D eigenvalue weighted by Gasteiger charge is 2.18. The zero-order valence-corrected chi connectivity index (χ0v) is 21.6. The van der Waals surface area contributed by atoms with Crippen molar-refractivity contribution in [1.29, 1.82) is 0 Å². The fourth-order valence-corrected chi connectivity index (χ4v) is 3.89. The molecular formula is C24H24Cl3N5O3. The third-order valence-electron chi connectivity index (χ3n) is 4.95. The molecule has 1 aromatic heterocycles. The summed E-state index contributed by atoms with van der Waals surface area (Å²) < 4.78 is 7.01. The molecule has 1 heterocycles. The van der Waals surface area contributed by atoms with Crippen molar-refractivity contribution in [2.45, 2.75) is 26.7 Å². The van der Waals surface area contributed by atoms with Crippen molar-refractivity contribution in [3.63, 3.8) is 0 Å². The summed E-state index contributed by atoms with van der Waals surface area (Å²) in [5.74, 6) is -0.104. The summed E-state index contributed by atoms with van der Waals surface area (Å²) in [6, 6.07) is 12.1. The van der Waals surface area contributed by atoms with Crippen LogP contribution in [0, 0.1) is 6.92 Å². The van der Waals surface area contributed by atoms with Gasteiger partial charge in [0.05, 0.1) is 28.1 Å². The Hall–Kier alpha value is -3.07. The summed E-state index contributed by atoms with van der Waals surface area (Å²) in [4.78, 5) is 24.8.